The number of Topliss-reactive ketones (excluding diaryl/α,β-unsaturated/α-hetero) is 1. The summed E-state index contributed by atoms with van der Waals surface area (Å²) in [5.41, 5.74) is -0.569. The van der Waals surface area contributed by atoms with E-state index in [-0.39, 0.29) is 28.5 Å². The smallest absolute Gasteiger partial charge is 0.169 e. The molecule has 1 aliphatic rings. The number of hydrogen-bond acceptors (Lipinski definition) is 2. The van der Waals surface area contributed by atoms with Gasteiger partial charge in [0, 0.05) is 12.5 Å². The Bertz CT molecular complexity index is 481. The second-order valence-electron chi connectivity index (χ2n) is 4.70. The zero-order valence-corrected chi connectivity index (χ0v) is 11.7. The highest BCUT2D eigenvalue weighted by molar-refractivity contribution is 9.10. The molecular weight excluding hydrogens is 306 g/mol. The van der Waals surface area contributed by atoms with Crippen molar-refractivity contribution in [2.45, 2.75) is 32.8 Å². The Morgan fingerprint density at radius 3 is 2.67 bits per heavy atom. The van der Waals surface area contributed by atoms with E-state index in [0.29, 0.717) is 6.42 Å². The van der Waals surface area contributed by atoms with E-state index in [9.17, 15) is 13.6 Å². The third-order valence-electron chi connectivity index (χ3n) is 3.68. The predicted octanol–water partition coefficient (Wildman–Crippen LogP) is 3.86. The van der Waals surface area contributed by atoms with E-state index in [0.717, 1.165) is 12.1 Å². The lowest BCUT2D eigenvalue weighted by atomic mass is 9.64. The molecule has 0 saturated heterocycles. The van der Waals surface area contributed by atoms with Crippen molar-refractivity contribution in [3.8, 4) is 5.75 Å². The summed E-state index contributed by atoms with van der Waals surface area (Å²) in [6.07, 6.45) is 0.552. The van der Waals surface area contributed by atoms with Crippen LogP contribution < -0.4 is 4.74 Å². The molecule has 0 amide bonds. The van der Waals surface area contributed by atoms with Crippen molar-refractivity contribution in [1.29, 1.82) is 0 Å². The summed E-state index contributed by atoms with van der Waals surface area (Å²) in [5.74, 6) is -1.35. The van der Waals surface area contributed by atoms with E-state index in [1.54, 1.807) is 6.92 Å². The third kappa shape index (κ3) is 2.05. The average Bonchev–Trinajstić information content (AvgIpc) is 2.30. The second kappa shape index (κ2) is 4.61. The second-order valence-corrected chi connectivity index (χ2v) is 5.56. The molecule has 0 aliphatic heterocycles. The Balaban J connectivity index is 2.24. The zero-order chi connectivity index (χ0) is 13.5. The molecule has 2 rings (SSSR count). The number of halogens is 3. The Kier molecular flexibility index (Phi) is 3.45. The molecule has 0 heterocycles. The summed E-state index contributed by atoms with van der Waals surface area (Å²) >= 11 is 3.06. The molecule has 0 spiro atoms. The molecule has 18 heavy (non-hydrogen) atoms. The van der Waals surface area contributed by atoms with Crippen LogP contribution in [0.5, 0.6) is 5.75 Å². The lowest BCUT2D eigenvalue weighted by Crippen LogP contribution is -2.54. The Labute approximate surface area is 112 Å². The molecule has 1 saturated carbocycles. The van der Waals surface area contributed by atoms with Gasteiger partial charge in [-0.25, -0.2) is 8.78 Å². The summed E-state index contributed by atoms with van der Waals surface area (Å²) < 4.78 is 32.3. The van der Waals surface area contributed by atoms with Gasteiger partial charge in [-0.05, 0) is 35.3 Å². The molecule has 2 unspecified atom stereocenters. The molecule has 1 aromatic rings. The highest BCUT2D eigenvalue weighted by Gasteiger charge is 2.51. The largest absolute Gasteiger partial charge is 0.485 e. The maximum Gasteiger partial charge on any atom is 0.169 e. The average molecular weight is 319 g/mol. The molecule has 0 bridgehead atoms. The van der Waals surface area contributed by atoms with Gasteiger partial charge in [-0.1, -0.05) is 6.92 Å². The van der Waals surface area contributed by atoms with Gasteiger partial charge in [0.05, 0.1) is 9.89 Å². The van der Waals surface area contributed by atoms with Crippen molar-refractivity contribution in [3.05, 3.63) is 28.2 Å². The predicted molar refractivity (Wildman–Crippen MR) is 66.5 cm³/mol. The van der Waals surface area contributed by atoms with Gasteiger partial charge in [-0.3, -0.25) is 4.79 Å². The van der Waals surface area contributed by atoms with Gasteiger partial charge in [0.2, 0.25) is 0 Å². The van der Waals surface area contributed by atoms with Crippen LogP contribution in [0.1, 0.15) is 26.7 Å². The molecule has 0 aromatic heterocycles. The maximum absolute atomic E-state index is 13.6. The first-order valence-electron chi connectivity index (χ1n) is 5.73. The lowest BCUT2D eigenvalue weighted by molar-refractivity contribution is -0.150. The standard InChI is InChI=1S/C13H13BrF2O2/c1-3-13(2)10(17)6-11(13)18-12-8(14)4-7(15)5-9(12)16/h4-5,11H,3,6H2,1-2H3. The van der Waals surface area contributed by atoms with Crippen molar-refractivity contribution in [1.82, 2.24) is 0 Å². The van der Waals surface area contributed by atoms with Crippen LogP contribution in [0.3, 0.4) is 0 Å². The van der Waals surface area contributed by atoms with Crippen LogP contribution in [0.25, 0.3) is 0 Å². The van der Waals surface area contributed by atoms with Gasteiger partial charge in [0.15, 0.2) is 11.6 Å². The van der Waals surface area contributed by atoms with Crippen LogP contribution in [0.4, 0.5) is 8.78 Å². The first-order valence-corrected chi connectivity index (χ1v) is 6.52. The van der Waals surface area contributed by atoms with Crippen LogP contribution in [0.2, 0.25) is 0 Å². The van der Waals surface area contributed by atoms with Crippen LogP contribution in [-0.2, 0) is 4.79 Å². The molecule has 1 fully saturated rings. The van der Waals surface area contributed by atoms with Crippen molar-refractivity contribution in [3.63, 3.8) is 0 Å². The van der Waals surface area contributed by atoms with E-state index in [2.05, 4.69) is 15.9 Å². The Hall–Kier alpha value is -0.970. The highest BCUT2D eigenvalue weighted by Crippen LogP contribution is 2.44. The first-order chi connectivity index (χ1) is 8.38. The number of ketones is 1. The number of rotatable bonds is 3. The summed E-state index contributed by atoms with van der Waals surface area (Å²) in [7, 11) is 0. The van der Waals surface area contributed by atoms with Crippen molar-refractivity contribution < 1.29 is 18.3 Å². The van der Waals surface area contributed by atoms with E-state index in [4.69, 9.17) is 4.74 Å². The summed E-state index contributed by atoms with van der Waals surface area (Å²) in [6.45, 7) is 3.70. The molecule has 2 nitrogen and oxygen atoms in total. The van der Waals surface area contributed by atoms with Gasteiger partial charge >= 0.3 is 0 Å². The van der Waals surface area contributed by atoms with E-state index >= 15 is 0 Å². The van der Waals surface area contributed by atoms with Crippen LogP contribution in [0, 0.1) is 17.0 Å². The molecule has 2 atom stereocenters. The van der Waals surface area contributed by atoms with Crippen molar-refractivity contribution in [2.24, 2.45) is 5.41 Å². The molecule has 0 radical (unpaired) electrons. The minimum Gasteiger partial charge on any atom is -0.485 e. The zero-order valence-electron chi connectivity index (χ0n) is 10.1. The van der Waals surface area contributed by atoms with Gasteiger partial charge in [-0.2, -0.15) is 0 Å². The first kappa shape index (κ1) is 13.5. The number of hydrogen-bond donors (Lipinski definition) is 0. The Morgan fingerprint density at radius 1 is 1.50 bits per heavy atom. The fourth-order valence-corrected chi connectivity index (χ4v) is 2.56. The molecule has 5 heteroatoms. The number of benzene rings is 1. The highest BCUT2D eigenvalue weighted by atomic mass is 79.9. The summed E-state index contributed by atoms with van der Waals surface area (Å²) in [6, 6.07) is 1.91. The Morgan fingerprint density at radius 2 is 2.17 bits per heavy atom. The minimum atomic E-state index is -0.764. The fraction of sp³-hybridized carbons (Fsp3) is 0.462. The normalized spacial score (nSPS) is 26.9. The van der Waals surface area contributed by atoms with Crippen molar-refractivity contribution >= 4 is 21.7 Å². The van der Waals surface area contributed by atoms with Crippen LogP contribution in [0.15, 0.2) is 16.6 Å². The van der Waals surface area contributed by atoms with Gasteiger partial charge in [0.25, 0.3) is 0 Å². The van der Waals surface area contributed by atoms with E-state index in [1.165, 1.54) is 0 Å². The topological polar surface area (TPSA) is 26.3 Å². The molecule has 1 aliphatic carbocycles. The minimum absolute atomic E-state index is 0.0337. The maximum atomic E-state index is 13.6. The third-order valence-corrected chi connectivity index (χ3v) is 4.27. The molecule has 98 valence electrons. The SMILES string of the molecule is CCC1(C)C(=O)CC1Oc1c(F)cc(F)cc1Br. The quantitative estimate of drug-likeness (QED) is 0.845. The number of carbonyl (C=O) groups is 1. The number of ether oxygens (including phenoxy) is 1. The van der Waals surface area contributed by atoms with Gasteiger partial charge in [-0.15, -0.1) is 0 Å². The van der Waals surface area contributed by atoms with E-state index in [1.807, 2.05) is 6.92 Å². The lowest BCUT2D eigenvalue weighted by Gasteiger charge is -2.44. The number of carbonyl (C=O) groups excluding carboxylic acids is 1. The molecule has 0 N–H and O–H groups in total. The van der Waals surface area contributed by atoms with Gasteiger partial charge in [0.1, 0.15) is 17.7 Å². The monoisotopic (exact) mass is 318 g/mol. The van der Waals surface area contributed by atoms with E-state index < -0.39 is 17.0 Å². The van der Waals surface area contributed by atoms with Crippen LogP contribution in [-0.4, -0.2) is 11.9 Å². The molecule has 1 aromatic carbocycles. The van der Waals surface area contributed by atoms with Crippen LogP contribution >= 0.6 is 15.9 Å². The molecular formula is C13H13BrF2O2. The summed E-state index contributed by atoms with van der Waals surface area (Å²) in [5, 5.41) is 0. The van der Waals surface area contributed by atoms with Gasteiger partial charge < -0.3 is 4.74 Å². The summed E-state index contributed by atoms with van der Waals surface area (Å²) in [4.78, 5) is 11.6. The fourth-order valence-electron chi connectivity index (χ4n) is 2.06. The van der Waals surface area contributed by atoms with Crippen molar-refractivity contribution in [2.75, 3.05) is 0 Å².